The molecule has 1 rings (SSSR count). The number of hydrogen-bond donors (Lipinski definition) is 2. The molecule has 0 aromatic heterocycles. The highest BCUT2D eigenvalue weighted by molar-refractivity contribution is 6.39. The Hall–Kier alpha value is -2.69. The van der Waals surface area contributed by atoms with Gasteiger partial charge in [0, 0.05) is 5.69 Å². The SMILES string of the molecule is N#CCNC(=O)C(=O)Nc1ccc(OC(F)F)cc1. The number of nitrogens with one attached hydrogen (secondary N) is 2. The minimum absolute atomic E-state index is 0.0677. The van der Waals surface area contributed by atoms with Crippen molar-refractivity contribution < 1.29 is 23.1 Å². The lowest BCUT2D eigenvalue weighted by Crippen LogP contribution is -2.35. The molecule has 0 aliphatic rings. The third kappa shape index (κ3) is 4.99. The number of benzene rings is 1. The smallest absolute Gasteiger partial charge is 0.387 e. The van der Waals surface area contributed by atoms with Crippen LogP contribution >= 0.6 is 0 Å². The summed E-state index contributed by atoms with van der Waals surface area (Å²) < 4.78 is 27.9. The van der Waals surface area contributed by atoms with E-state index in [0.717, 1.165) is 0 Å². The molecule has 1 aromatic carbocycles. The lowest BCUT2D eigenvalue weighted by Gasteiger charge is -2.07. The van der Waals surface area contributed by atoms with Gasteiger partial charge in [0.25, 0.3) is 0 Å². The molecule has 8 heteroatoms. The molecule has 0 saturated carbocycles. The molecule has 0 radical (unpaired) electrons. The second kappa shape index (κ2) is 6.90. The number of nitriles is 1. The van der Waals surface area contributed by atoms with Crippen molar-refractivity contribution in [3.63, 3.8) is 0 Å². The Morgan fingerprint density at radius 2 is 1.89 bits per heavy atom. The largest absolute Gasteiger partial charge is 0.435 e. The highest BCUT2D eigenvalue weighted by Gasteiger charge is 2.13. The van der Waals surface area contributed by atoms with Gasteiger partial charge in [0.15, 0.2) is 0 Å². The van der Waals surface area contributed by atoms with Crippen LogP contribution in [0.15, 0.2) is 24.3 Å². The van der Waals surface area contributed by atoms with Crippen LogP contribution in [0.25, 0.3) is 0 Å². The van der Waals surface area contributed by atoms with E-state index in [2.05, 4.69) is 15.4 Å². The average molecular weight is 269 g/mol. The minimum atomic E-state index is -2.93. The standard InChI is InChI=1S/C11H9F2N3O3/c12-11(13)19-8-3-1-7(2-4-8)16-10(18)9(17)15-6-5-14/h1-4,11H,6H2,(H,15,17)(H,16,18). The zero-order valence-corrected chi connectivity index (χ0v) is 9.52. The summed E-state index contributed by atoms with van der Waals surface area (Å²) in [5.41, 5.74) is 0.235. The van der Waals surface area contributed by atoms with Gasteiger partial charge in [-0.2, -0.15) is 14.0 Å². The molecular weight excluding hydrogens is 260 g/mol. The van der Waals surface area contributed by atoms with Crippen molar-refractivity contribution in [2.24, 2.45) is 0 Å². The maximum Gasteiger partial charge on any atom is 0.387 e. The Balaban J connectivity index is 2.56. The number of carbonyl (C=O) groups is 2. The van der Waals surface area contributed by atoms with Gasteiger partial charge in [-0.3, -0.25) is 9.59 Å². The van der Waals surface area contributed by atoms with Crippen molar-refractivity contribution in [1.29, 1.82) is 5.26 Å². The molecule has 2 amide bonds. The first-order chi connectivity index (χ1) is 9.02. The summed E-state index contributed by atoms with van der Waals surface area (Å²) in [5.74, 6) is -1.99. The van der Waals surface area contributed by atoms with Gasteiger partial charge in [-0.15, -0.1) is 0 Å². The fraction of sp³-hybridized carbons (Fsp3) is 0.182. The first kappa shape index (κ1) is 14.4. The molecule has 0 heterocycles. The highest BCUT2D eigenvalue weighted by Crippen LogP contribution is 2.17. The molecule has 0 aliphatic carbocycles. The molecule has 1 aromatic rings. The van der Waals surface area contributed by atoms with Crippen molar-refractivity contribution in [3.05, 3.63) is 24.3 Å². The van der Waals surface area contributed by atoms with E-state index in [9.17, 15) is 18.4 Å². The predicted octanol–water partition coefficient (Wildman–Crippen LogP) is 0.866. The van der Waals surface area contributed by atoms with E-state index in [4.69, 9.17) is 5.26 Å². The first-order valence-electron chi connectivity index (χ1n) is 5.04. The normalized spacial score (nSPS) is 9.58. The van der Waals surface area contributed by atoms with Crippen LogP contribution in [-0.2, 0) is 9.59 Å². The van der Waals surface area contributed by atoms with Crippen LogP contribution < -0.4 is 15.4 Å². The summed E-state index contributed by atoms with van der Waals surface area (Å²) in [6.45, 7) is -3.22. The van der Waals surface area contributed by atoms with Gasteiger partial charge in [0.05, 0.1) is 6.07 Å². The van der Waals surface area contributed by atoms with Gasteiger partial charge in [0.2, 0.25) is 0 Å². The summed E-state index contributed by atoms with van der Waals surface area (Å²) in [4.78, 5) is 22.4. The zero-order valence-electron chi connectivity index (χ0n) is 9.52. The Kier molecular flexibility index (Phi) is 5.22. The molecule has 0 fully saturated rings. The number of alkyl halides is 2. The molecule has 100 valence electrons. The van der Waals surface area contributed by atoms with Crippen LogP contribution in [0.4, 0.5) is 14.5 Å². The van der Waals surface area contributed by atoms with Crippen molar-refractivity contribution in [2.45, 2.75) is 6.61 Å². The van der Waals surface area contributed by atoms with Gasteiger partial charge in [-0.25, -0.2) is 0 Å². The molecule has 0 spiro atoms. The fourth-order valence-corrected chi connectivity index (χ4v) is 1.11. The van der Waals surface area contributed by atoms with Crippen molar-refractivity contribution in [3.8, 4) is 11.8 Å². The molecule has 0 aliphatic heterocycles. The van der Waals surface area contributed by atoms with Crippen molar-refractivity contribution in [1.82, 2.24) is 5.32 Å². The second-order valence-electron chi connectivity index (χ2n) is 3.20. The Labute approximate surface area is 107 Å². The lowest BCUT2D eigenvalue weighted by molar-refractivity contribution is -0.136. The first-order valence-corrected chi connectivity index (χ1v) is 5.04. The summed E-state index contributed by atoms with van der Waals surface area (Å²) >= 11 is 0. The average Bonchev–Trinajstić information content (AvgIpc) is 2.37. The van der Waals surface area contributed by atoms with Crippen molar-refractivity contribution >= 4 is 17.5 Å². The highest BCUT2D eigenvalue weighted by atomic mass is 19.3. The van der Waals surface area contributed by atoms with Crippen LogP contribution in [0.2, 0.25) is 0 Å². The van der Waals surface area contributed by atoms with Crippen LogP contribution in [-0.4, -0.2) is 25.0 Å². The lowest BCUT2D eigenvalue weighted by atomic mass is 10.3. The molecule has 19 heavy (non-hydrogen) atoms. The maximum absolute atomic E-state index is 11.9. The summed E-state index contributed by atoms with van der Waals surface area (Å²) in [6, 6.07) is 6.68. The number of hydrogen-bond acceptors (Lipinski definition) is 4. The number of amides is 2. The Bertz CT molecular complexity index is 497. The quantitative estimate of drug-likeness (QED) is 0.626. The van der Waals surface area contributed by atoms with Crippen LogP contribution in [0.3, 0.4) is 0 Å². The van der Waals surface area contributed by atoms with Crippen LogP contribution in [0.1, 0.15) is 0 Å². The van der Waals surface area contributed by atoms with E-state index >= 15 is 0 Å². The minimum Gasteiger partial charge on any atom is -0.435 e. The second-order valence-corrected chi connectivity index (χ2v) is 3.20. The van der Waals surface area contributed by atoms with Gasteiger partial charge >= 0.3 is 18.4 Å². The third-order valence-electron chi connectivity index (χ3n) is 1.87. The van der Waals surface area contributed by atoms with E-state index in [1.54, 1.807) is 6.07 Å². The Morgan fingerprint density at radius 1 is 1.26 bits per heavy atom. The number of carbonyl (C=O) groups excluding carboxylic acids is 2. The monoisotopic (exact) mass is 269 g/mol. The van der Waals surface area contributed by atoms with Gasteiger partial charge in [-0.1, -0.05) is 0 Å². The number of nitrogens with zero attached hydrogens (tertiary/aromatic N) is 1. The zero-order chi connectivity index (χ0) is 14.3. The molecule has 0 bridgehead atoms. The van der Waals surface area contributed by atoms with Gasteiger partial charge in [0.1, 0.15) is 12.3 Å². The predicted molar refractivity (Wildman–Crippen MR) is 60.3 cm³/mol. The molecule has 2 N–H and O–H groups in total. The van der Waals surface area contributed by atoms with Crippen LogP contribution in [0.5, 0.6) is 5.75 Å². The van der Waals surface area contributed by atoms with Crippen LogP contribution in [0, 0.1) is 11.3 Å². The van der Waals surface area contributed by atoms with E-state index in [1.807, 2.05) is 0 Å². The van der Waals surface area contributed by atoms with E-state index in [1.165, 1.54) is 24.3 Å². The van der Waals surface area contributed by atoms with E-state index in [0.29, 0.717) is 0 Å². The summed E-state index contributed by atoms with van der Waals surface area (Å²) in [6.07, 6.45) is 0. The Morgan fingerprint density at radius 3 is 2.42 bits per heavy atom. The van der Waals surface area contributed by atoms with Crippen molar-refractivity contribution in [2.75, 3.05) is 11.9 Å². The fourth-order valence-electron chi connectivity index (χ4n) is 1.11. The topological polar surface area (TPSA) is 91.2 Å². The molecular formula is C11H9F2N3O3. The summed E-state index contributed by atoms with van der Waals surface area (Å²) in [5, 5.41) is 12.5. The number of ether oxygens (including phenoxy) is 1. The van der Waals surface area contributed by atoms with E-state index in [-0.39, 0.29) is 18.0 Å². The van der Waals surface area contributed by atoms with Gasteiger partial charge in [-0.05, 0) is 24.3 Å². The number of rotatable bonds is 4. The molecule has 0 saturated heterocycles. The number of anilines is 1. The third-order valence-corrected chi connectivity index (χ3v) is 1.87. The number of halogens is 2. The summed E-state index contributed by atoms with van der Waals surface area (Å²) in [7, 11) is 0. The maximum atomic E-state index is 11.9. The molecule has 0 unspecified atom stereocenters. The molecule has 0 atom stereocenters. The van der Waals surface area contributed by atoms with E-state index < -0.39 is 18.4 Å². The van der Waals surface area contributed by atoms with Gasteiger partial charge < -0.3 is 15.4 Å². The molecule has 6 nitrogen and oxygen atoms in total.